The van der Waals surface area contributed by atoms with Crippen molar-refractivity contribution in [2.45, 2.75) is 6.18 Å². The highest BCUT2D eigenvalue weighted by molar-refractivity contribution is 5.97. The summed E-state index contributed by atoms with van der Waals surface area (Å²) in [5.41, 5.74) is 6.95. The molecule has 0 saturated heterocycles. The summed E-state index contributed by atoms with van der Waals surface area (Å²) >= 11 is 0. The number of alkyl halides is 3. The van der Waals surface area contributed by atoms with Gasteiger partial charge in [0.1, 0.15) is 17.0 Å². The normalized spacial score (nSPS) is 11.7. The van der Waals surface area contributed by atoms with Gasteiger partial charge in [0, 0.05) is 11.3 Å². The quantitative estimate of drug-likeness (QED) is 0.498. The van der Waals surface area contributed by atoms with Crippen molar-refractivity contribution in [1.29, 1.82) is 0 Å². The number of hydrogen-bond acceptors (Lipinski definition) is 5. The number of rotatable bonds is 3. The SMILES string of the molecule is Nc1nc(-c2ccccc2)nc2n[nH]c(Nc3ccc(C(F)(F)F)cc3)c12. The molecule has 0 amide bonds. The van der Waals surface area contributed by atoms with Crippen molar-refractivity contribution in [2.24, 2.45) is 0 Å². The molecule has 6 nitrogen and oxygen atoms in total. The zero-order valence-corrected chi connectivity index (χ0v) is 13.7. The average Bonchev–Trinajstić information content (AvgIpc) is 3.05. The number of nitrogens with zero attached hydrogens (tertiary/aromatic N) is 3. The standard InChI is InChI=1S/C18H13F3N6/c19-18(20,21)11-6-8-12(9-7-11)23-16-13-14(22)24-15(25-17(13)27-26-16)10-4-2-1-3-5-10/h1-9H,(H4,22,23,24,25,26,27). The summed E-state index contributed by atoms with van der Waals surface area (Å²) in [4.78, 5) is 8.70. The van der Waals surface area contributed by atoms with Crippen LogP contribution in [0.15, 0.2) is 54.6 Å². The second kappa shape index (κ2) is 6.27. The molecule has 0 aliphatic heterocycles. The fraction of sp³-hybridized carbons (Fsp3) is 0.0556. The van der Waals surface area contributed by atoms with Gasteiger partial charge in [-0.05, 0) is 24.3 Å². The van der Waals surface area contributed by atoms with Gasteiger partial charge < -0.3 is 11.1 Å². The molecular formula is C18H13F3N6. The van der Waals surface area contributed by atoms with E-state index in [0.717, 1.165) is 17.7 Å². The van der Waals surface area contributed by atoms with Crippen LogP contribution in [0.5, 0.6) is 0 Å². The zero-order chi connectivity index (χ0) is 19.0. The minimum Gasteiger partial charge on any atom is -0.383 e. The highest BCUT2D eigenvalue weighted by Crippen LogP contribution is 2.32. The van der Waals surface area contributed by atoms with Crippen LogP contribution in [-0.4, -0.2) is 20.2 Å². The summed E-state index contributed by atoms with van der Waals surface area (Å²) in [6, 6.07) is 14.0. The van der Waals surface area contributed by atoms with Crippen molar-refractivity contribution < 1.29 is 13.2 Å². The summed E-state index contributed by atoms with van der Waals surface area (Å²) in [6.45, 7) is 0. The highest BCUT2D eigenvalue weighted by Gasteiger charge is 2.30. The molecule has 0 atom stereocenters. The molecule has 0 bridgehead atoms. The first-order valence-electron chi connectivity index (χ1n) is 7.93. The number of anilines is 3. The van der Waals surface area contributed by atoms with E-state index in [4.69, 9.17) is 5.73 Å². The molecule has 0 aliphatic carbocycles. The number of nitrogen functional groups attached to an aromatic ring is 1. The molecule has 2 aromatic heterocycles. The number of benzene rings is 2. The Morgan fingerprint density at radius 1 is 0.926 bits per heavy atom. The fourth-order valence-electron chi connectivity index (χ4n) is 2.64. The van der Waals surface area contributed by atoms with Crippen LogP contribution in [0.1, 0.15) is 5.56 Å². The minimum atomic E-state index is -4.38. The Balaban J connectivity index is 1.67. The van der Waals surface area contributed by atoms with Gasteiger partial charge in [0.25, 0.3) is 0 Å². The molecule has 0 aliphatic rings. The molecule has 4 N–H and O–H groups in total. The lowest BCUT2D eigenvalue weighted by molar-refractivity contribution is -0.137. The van der Waals surface area contributed by atoms with Gasteiger partial charge >= 0.3 is 6.18 Å². The van der Waals surface area contributed by atoms with Gasteiger partial charge in [0.05, 0.1) is 5.56 Å². The third-order valence-corrected chi connectivity index (χ3v) is 3.96. The van der Waals surface area contributed by atoms with E-state index in [1.54, 1.807) is 0 Å². The predicted molar refractivity (Wildman–Crippen MR) is 96.3 cm³/mol. The van der Waals surface area contributed by atoms with Crippen molar-refractivity contribution in [3.05, 3.63) is 60.2 Å². The van der Waals surface area contributed by atoms with E-state index >= 15 is 0 Å². The Kier molecular flexibility index (Phi) is 3.91. The molecule has 9 heteroatoms. The van der Waals surface area contributed by atoms with Gasteiger partial charge in [0.2, 0.25) is 0 Å². The second-order valence-corrected chi connectivity index (χ2v) is 5.80. The molecule has 0 unspecified atom stereocenters. The van der Waals surface area contributed by atoms with Gasteiger partial charge in [-0.1, -0.05) is 30.3 Å². The molecule has 0 saturated carbocycles. The summed E-state index contributed by atoms with van der Waals surface area (Å²) in [7, 11) is 0. The van der Waals surface area contributed by atoms with Crippen molar-refractivity contribution in [2.75, 3.05) is 11.1 Å². The summed E-state index contributed by atoms with van der Waals surface area (Å²) in [5.74, 6) is 1.05. The molecule has 4 rings (SSSR count). The average molecular weight is 370 g/mol. The fourth-order valence-corrected chi connectivity index (χ4v) is 2.64. The molecule has 0 radical (unpaired) electrons. The zero-order valence-electron chi connectivity index (χ0n) is 13.7. The van der Waals surface area contributed by atoms with Crippen LogP contribution in [0, 0.1) is 0 Å². The summed E-state index contributed by atoms with van der Waals surface area (Å²) in [6.07, 6.45) is -4.38. The molecule has 2 heterocycles. The molecule has 4 aromatic rings. The van der Waals surface area contributed by atoms with E-state index in [1.807, 2.05) is 30.3 Å². The van der Waals surface area contributed by atoms with Gasteiger partial charge in [-0.25, -0.2) is 9.97 Å². The first kappa shape index (κ1) is 16.8. The Bertz CT molecular complexity index is 1090. The number of aromatic nitrogens is 4. The Morgan fingerprint density at radius 3 is 2.30 bits per heavy atom. The monoisotopic (exact) mass is 370 g/mol. The van der Waals surface area contributed by atoms with Crippen molar-refractivity contribution >= 4 is 28.4 Å². The van der Waals surface area contributed by atoms with Crippen LogP contribution in [0.2, 0.25) is 0 Å². The molecule has 0 fully saturated rings. The third-order valence-electron chi connectivity index (χ3n) is 3.96. The molecular weight excluding hydrogens is 357 g/mol. The van der Waals surface area contributed by atoms with E-state index in [-0.39, 0.29) is 5.82 Å². The van der Waals surface area contributed by atoms with Crippen molar-refractivity contribution in [3.63, 3.8) is 0 Å². The predicted octanol–water partition coefficient (Wildman–Crippen LogP) is 4.36. The number of aromatic amines is 1. The van der Waals surface area contributed by atoms with E-state index in [1.165, 1.54) is 12.1 Å². The van der Waals surface area contributed by atoms with E-state index < -0.39 is 11.7 Å². The number of halogens is 3. The minimum absolute atomic E-state index is 0.210. The largest absolute Gasteiger partial charge is 0.416 e. The maximum absolute atomic E-state index is 12.7. The van der Waals surface area contributed by atoms with Crippen LogP contribution < -0.4 is 11.1 Å². The van der Waals surface area contributed by atoms with Crippen LogP contribution in [0.4, 0.5) is 30.5 Å². The van der Waals surface area contributed by atoms with E-state index in [0.29, 0.717) is 28.4 Å². The lowest BCUT2D eigenvalue weighted by atomic mass is 10.2. The first-order chi connectivity index (χ1) is 12.9. The van der Waals surface area contributed by atoms with Crippen LogP contribution in [-0.2, 0) is 6.18 Å². The van der Waals surface area contributed by atoms with Gasteiger partial charge in [-0.2, -0.15) is 18.3 Å². The van der Waals surface area contributed by atoms with Gasteiger partial charge in [-0.15, -0.1) is 0 Å². The van der Waals surface area contributed by atoms with E-state index in [9.17, 15) is 13.2 Å². The maximum atomic E-state index is 12.7. The molecule has 136 valence electrons. The maximum Gasteiger partial charge on any atom is 0.416 e. The summed E-state index contributed by atoms with van der Waals surface area (Å²) in [5, 5.41) is 10.3. The first-order valence-corrected chi connectivity index (χ1v) is 7.93. The molecule has 0 spiro atoms. The smallest absolute Gasteiger partial charge is 0.383 e. The van der Waals surface area contributed by atoms with E-state index in [2.05, 4.69) is 25.5 Å². The lowest BCUT2D eigenvalue weighted by Gasteiger charge is -2.09. The number of hydrogen-bond donors (Lipinski definition) is 3. The summed E-state index contributed by atoms with van der Waals surface area (Å²) < 4.78 is 38.0. The van der Waals surface area contributed by atoms with Crippen LogP contribution in [0.25, 0.3) is 22.4 Å². The Hall–Kier alpha value is -3.62. The number of fused-ring (bicyclic) bond motifs is 1. The Labute approximate surface area is 151 Å². The van der Waals surface area contributed by atoms with Crippen molar-refractivity contribution in [1.82, 2.24) is 20.2 Å². The molecule has 27 heavy (non-hydrogen) atoms. The number of H-pyrrole nitrogens is 1. The Morgan fingerprint density at radius 2 is 1.63 bits per heavy atom. The number of nitrogens with two attached hydrogens (primary N) is 1. The second-order valence-electron chi connectivity index (χ2n) is 5.80. The highest BCUT2D eigenvalue weighted by atomic mass is 19.4. The van der Waals surface area contributed by atoms with Crippen LogP contribution >= 0.6 is 0 Å². The third kappa shape index (κ3) is 3.26. The topological polar surface area (TPSA) is 92.5 Å². The van der Waals surface area contributed by atoms with Crippen molar-refractivity contribution in [3.8, 4) is 11.4 Å². The van der Waals surface area contributed by atoms with Gasteiger partial charge in [0.15, 0.2) is 11.5 Å². The number of nitrogens with one attached hydrogen (secondary N) is 2. The van der Waals surface area contributed by atoms with Crippen LogP contribution in [0.3, 0.4) is 0 Å². The lowest BCUT2D eigenvalue weighted by Crippen LogP contribution is -2.04. The molecule has 2 aromatic carbocycles. The van der Waals surface area contributed by atoms with Gasteiger partial charge in [-0.3, -0.25) is 5.10 Å².